The summed E-state index contributed by atoms with van der Waals surface area (Å²) in [7, 11) is -3.55. The lowest BCUT2D eigenvalue weighted by atomic mass is 9.76. The molecule has 0 aliphatic rings. The quantitative estimate of drug-likeness (QED) is 0.674. The van der Waals surface area contributed by atoms with Crippen LogP contribution in [-0.4, -0.2) is 36.2 Å². The number of hydrogen-bond donors (Lipinski definition) is 3. The summed E-state index contributed by atoms with van der Waals surface area (Å²) in [6, 6.07) is 0. The molecule has 0 aromatic carbocycles. The summed E-state index contributed by atoms with van der Waals surface area (Å²) < 4.78 is 26.4. The monoisotopic (exact) mass is 317 g/mol. The zero-order valence-electron chi connectivity index (χ0n) is 12.6. The van der Waals surface area contributed by atoms with Gasteiger partial charge in [-0.1, -0.05) is 20.8 Å². The van der Waals surface area contributed by atoms with Gasteiger partial charge >= 0.3 is 5.97 Å². The van der Waals surface area contributed by atoms with Gasteiger partial charge < -0.3 is 5.11 Å². The zero-order valence-corrected chi connectivity index (χ0v) is 13.4. The Balaban J connectivity index is 2.56. The van der Waals surface area contributed by atoms with E-state index in [0.29, 0.717) is 12.8 Å². The average molecular weight is 317 g/mol. The minimum atomic E-state index is -3.55. The van der Waals surface area contributed by atoms with Crippen LogP contribution in [0.5, 0.6) is 0 Å². The second-order valence-electron chi connectivity index (χ2n) is 6.12. The van der Waals surface area contributed by atoms with Crippen molar-refractivity contribution in [3.63, 3.8) is 0 Å². The van der Waals surface area contributed by atoms with Crippen molar-refractivity contribution < 1.29 is 18.3 Å². The largest absolute Gasteiger partial charge is 0.481 e. The van der Waals surface area contributed by atoms with Gasteiger partial charge in [0.05, 0.1) is 6.20 Å². The first kappa shape index (κ1) is 17.6. The number of H-pyrrole nitrogens is 1. The van der Waals surface area contributed by atoms with Gasteiger partial charge in [0.2, 0.25) is 10.0 Å². The van der Waals surface area contributed by atoms with Gasteiger partial charge in [0, 0.05) is 19.2 Å². The third-order valence-corrected chi connectivity index (χ3v) is 4.93. The highest BCUT2D eigenvalue weighted by molar-refractivity contribution is 7.89. The molecule has 0 bridgehead atoms. The molecule has 8 heteroatoms. The minimum absolute atomic E-state index is 0.0729. The maximum atomic E-state index is 11.9. The van der Waals surface area contributed by atoms with Gasteiger partial charge in [0.15, 0.2) is 0 Å². The number of aliphatic carboxylic acids is 1. The fourth-order valence-electron chi connectivity index (χ4n) is 2.14. The number of carboxylic acid groups (broad SMARTS) is 1. The predicted octanol–water partition coefficient (Wildman–Crippen LogP) is 1.61. The lowest BCUT2D eigenvalue weighted by molar-refractivity contribution is -0.137. The summed E-state index contributed by atoms with van der Waals surface area (Å²) in [5.41, 5.74) is -0.0729. The van der Waals surface area contributed by atoms with Gasteiger partial charge in [-0.3, -0.25) is 9.89 Å². The molecule has 0 aliphatic heterocycles. The molecular formula is C13H23N3O4S. The molecule has 1 heterocycles. The van der Waals surface area contributed by atoms with Gasteiger partial charge in [0.25, 0.3) is 0 Å². The van der Waals surface area contributed by atoms with Crippen molar-refractivity contribution in [2.45, 2.75) is 44.9 Å². The van der Waals surface area contributed by atoms with Crippen LogP contribution >= 0.6 is 0 Å². The molecule has 1 rings (SSSR count). The summed E-state index contributed by atoms with van der Waals surface area (Å²) >= 11 is 0. The van der Waals surface area contributed by atoms with E-state index in [0.717, 1.165) is 0 Å². The lowest BCUT2D eigenvalue weighted by Crippen LogP contribution is -2.29. The van der Waals surface area contributed by atoms with Gasteiger partial charge in [0.1, 0.15) is 4.90 Å². The SMILES string of the molecule is CC(C)(C)C(CCNS(=O)(=O)c1cn[nH]c1)CCC(=O)O. The molecule has 21 heavy (non-hydrogen) atoms. The molecule has 0 saturated heterocycles. The van der Waals surface area contributed by atoms with Crippen molar-refractivity contribution in [2.75, 3.05) is 6.54 Å². The highest BCUT2D eigenvalue weighted by Crippen LogP contribution is 2.32. The Kier molecular flexibility index (Phi) is 5.91. The molecule has 1 atom stereocenters. The Morgan fingerprint density at radius 3 is 2.57 bits per heavy atom. The number of carboxylic acids is 1. The Labute approximate surface area is 125 Å². The number of aromatic nitrogens is 2. The van der Waals surface area contributed by atoms with Crippen LogP contribution in [0.2, 0.25) is 0 Å². The topological polar surface area (TPSA) is 112 Å². The minimum Gasteiger partial charge on any atom is -0.481 e. The van der Waals surface area contributed by atoms with E-state index in [1.54, 1.807) is 0 Å². The molecular weight excluding hydrogens is 294 g/mol. The molecule has 0 spiro atoms. The van der Waals surface area contributed by atoms with Crippen molar-refractivity contribution in [3.05, 3.63) is 12.4 Å². The maximum Gasteiger partial charge on any atom is 0.303 e. The normalized spacial score (nSPS) is 14.0. The summed E-state index contributed by atoms with van der Waals surface area (Å²) in [5.74, 6) is -0.705. The van der Waals surface area contributed by atoms with Gasteiger partial charge in [-0.15, -0.1) is 0 Å². The molecule has 0 aliphatic carbocycles. The molecule has 0 radical (unpaired) electrons. The second-order valence-corrected chi connectivity index (χ2v) is 7.88. The van der Waals surface area contributed by atoms with Crippen LogP contribution in [0.1, 0.15) is 40.0 Å². The highest BCUT2D eigenvalue weighted by atomic mass is 32.2. The molecule has 0 fully saturated rings. The van der Waals surface area contributed by atoms with E-state index >= 15 is 0 Å². The van der Waals surface area contributed by atoms with Crippen LogP contribution in [0.25, 0.3) is 0 Å². The van der Waals surface area contributed by atoms with Crippen LogP contribution in [0, 0.1) is 11.3 Å². The number of carbonyl (C=O) groups is 1. The van der Waals surface area contributed by atoms with Gasteiger partial charge in [-0.2, -0.15) is 5.10 Å². The van der Waals surface area contributed by atoms with E-state index in [1.807, 2.05) is 20.8 Å². The summed E-state index contributed by atoms with van der Waals surface area (Å²) in [5, 5.41) is 14.9. The standard InChI is InChI=1S/C13H23N3O4S/c1-13(2,3)10(4-5-12(17)18)6-7-16-21(19,20)11-8-14-15-9-11/h8-10,16H,4-7H2,1-3H3,(H,14,15)(H,17,18). The van der Waals surface area contributed by atoms with E-state index in [-0.39, 0.29) is 29.2 Å². The molecule has 1 aromatic heterocycles. The molecule has 3 N–H and O–H groups in total. The average Bonchev–Trinajstić information content (AvgIpc) is 2.85. The van der Waals surface area contributed by atoms with Gasteiger partial charge in [-0.05, 0) is 24.2 Å². The summed E-state index contributed by atoms with van der Waals surface area (Å²) in [4.78, 5) is 10.8. The van der Waals surface area contributed by atoms with Crippen LogP contribution in [0.4, 0.5) is 0 Å². The number of nitrogens with one attached hydrogen (secondary N) is 2. The number of aromatic amines is 1. The molecule has 0 amide bonds. The number of sulfonamides is 1. The highest BCUT2D eigenvalue weighted by Gasteiger charge is 2.25. The smallest absolute Gasteiger partial charge is 0.303 e. The molecule has 1 unspecified atom stereocenters. The van der Waals surface area contributed by atoms with Crippen LogP contribution in [-0.2, 0) is 14.8 Å². The van der Waals surface area contributed by atoms with Crippen molar-refractivity contribution in [1.82, 2.24) is 14.9 Å². The first-order valence-corrected chi connectivity index (χ1v) is 8.31. The number of nitrogens with zero attached hydrogens (tertiary/aromatic N) is 1. The van der Waals surface area contributed by atoms with Crippen LogP contribution in [0.15, 0.2) is 17.3 Å². The lowest BCUT2D eigenvalue weighted by Gasteiger charge is -2.30. The fourth-order valence-corrected chi connectivity index (χ4v) is 3.10. The van der Waals surface area contributed by atoms with Crippen LogP contribution in [0.3, 0.4) is 0 Å². The van der Waals surface area contributed by atoms with Crippen molar-refractivity contribution >= 4 is 16.0 Å². The number of hydrogen-bond acceptors (Lipinski definition) is 4. The van der Waals surface area contributed by atoms with E-state index in [9.17, 15) is 13.2 Å². The Morgan fingerprint density at radius 2 is 2.10 bits per heavy atom. The van der Waals surface area contributed by atoms with E-state index in [2.05, 4.69) is 14.9 Å². The predicted molar refractivity (Wildman–Crippen MR) is 78.2 cm³/mol. The molecule has 7 nitrogen and oxygen atoms in total. The molecule has 1 aromatic rings. The Morgan fingerprint density at radius 1 is 1.43 bits per heavy atom. The fraction of sp³-hybridized carbons (Fsp3) is 0.692. The van der Waals surface area contributed by atoms with E-state index in [4.69, 9.17) is 5.11 Å². The third kappa shape index (κ3) is 5.84. The maximum absolute atomic E-state index is 11.9. The Hall–Kier alpha value is -1.41. The zero-order chi connectivity index (χ0) is 16.1. The Bertz CT molecular complexity index is 546. The van der Waals surface area contributed by atoms with Crippen molar-refractivity contribution in [3.8, 4) is 0 Å². The summed E-state index contributed by atoms with van der Waals surface area (Å²) in [6.45, 7) is 6.37. The number of rotatable bonds is 8. The van der Waals surface area contributed by atoms with E-state index < -0.39 is 16.0 Å². The van der Waals surface area contributed by atoms with Crippen molar-refractivity contribution in [1.29, 1.82) is 0 Å². The third-order valence-electron chi connectivity index (χ3n) is 3.50. The second kappa shape index (κ2) is 7.04. The van der Waals surface area contributed by atoms with Crippen molar-refractivity contribution in [2.24, 2.45) is 11.3 Å². The van der Waals surface area contributed by atoms with Gasteiger partial charge in [-0.25, -0.2) is 13.1 Å². The molecule has 0 saturated carbocycles. The van der Waals surface area contributed by atoms with E-state index in [1.165, 1.54) is 12.4 Å². The van der Waals surface area contributed by atoms with Crippen LogP contribution < -0.4 is 4.72 Å². The first-order chi connectivity index (χ1) is 9.63. The first-order valence-electron chi connectivity index (χ1n) is 6.83. The summed E-state index contributed by atoms with van der Waals surface area (Å²) in [6.07, 6.45) is 3.78. The molecule has 120 valence electrons.